The van der Waals surface area contributed by atoms with Gasteiger partial charge in [0.1, 0.15) is 24.0 Å². The van der Waals surface area contributed by atoms with Crippen LogP contribution in [0.5, 0.6) is 11.5 Å². The van der Waals surface area contributed by atoms with E-state index in [2.05, 4.69) is 54.5 Å². The molecule has 0 aromatic heterocycles. The fraction of sp³-hybridized carbons (Fsp3) is 0.667. The number of aliphatic imine (C=N–C) groups is 1. The molecule has 2 aliphatic heterocycles. The lowest BCUT2D eigenvalue weighted by atomic mass is 9.94. The molecule has 0 amide bonds. The SMILES string of the molecule is COc1cccc2c1[P@](C(C)(C)C)[C@@H](C(C)(C)C1=N[C@H](C(C)C)CO1)O2. The lowest BCUT2D eigenvalue weighted by Crippen LogP contribution is -2.41. The highest BCUT2D eigenvalue weighted by molar-refractivity contribution is 7.68. The monoisotopic (exact) mass is 377 g/mol. The Balaban J connectivity index is 2.03. The van der Waals surface area contributed by atoms with E-state index in [1.54, 1.807) is 7.11 Å². The van der Waals surface area contributed by atoms with Gasteiger partial charge in [-0.25, -0.2) is 4.99 Å². The molecule has 3 atom stereocenters. The van der Waals surface area contributed by atoms with Crippen molar-refractivity contribution in [3.8, 4) is 11.5 Å². The van der Waals surface area contributed by atoms with Crippen molar-refractivity contribution in [1.29, 1.82) is 0 Å². The number of hydrogen-bond acceptors (Lipinski definition) is 4. The first kappa shape index (κ1) is 19.5. The summed E-state index contributed by atoms with van der Waals surface area (Å²) in [5.74, 6) is 3.20. The molecular weight excluding hydrogens is 345 g/mol. The molecule has 1 aromatic carbocycles. The zero-order valence-electron chi connectivity index (χ0n) is 17.3. The van der Waals surface area contributed by atoms with Crippen molar-refractivity contribution in [1.82, 2.24) is 0 Å². The molecule has 1 aromatic rings. The first-order valence-electron chi connectivity index (χ1n) is 9.41. The Morgan fingerprint density at radius 1 is 1.19 bits per heavy atom. The van der Waals surface area contributed by atoms with Crippen molar-refractivity contribution in [2.24, 2.45) is 16.3 Å². The lowest BCUT2D eigenvalue weighted by molar-refractivity contribution is 0.172. The second-order valence-electron chi connectivity index (χ2n) is 9.10. The van der Waals surface area contributed by atoms with Crippen molar-refractivity contribution in [3.63, 3.8) is 0 Å². The van der Waals surface area contributed by atoms with Crippen molar-refractivity contribution in [2.45, 2.75) is 65.5 Å². The molecule has 26 heavy (non-hydrogen) atoms. The highest BCUT2D eigenvalue weighted by Gasteiger charge is 2.53. The van der Waals surface area contributed by atoms with Crippen LogP contribution in [-0.2, 0) is 4.74 Å². The molecule has 0 fully saturated rings. The number of rotatable bonds is 4. The molecule has 2 heterocycles. The Morgan fingerprint density at radius 2 is 1.88 bits per heavy atom. The van der Waals surface area contributed by atoms with Crippen LogP contribution in [0.4, 0.5) is 0 Å². The predicted octanol–water partition coefficient (Wildman–Crippen LogP) is 4.80. The summed E-state index contributed by atoms with van der Waals surface area (Å²) in [6.45, 7) is 16.4. The fourth-order valence-corrected chi connectivity index (χ4v) is 6.99. The third kappa shape index (κ3) is 3.22. The zero-order chi connectivity index (χ0) is 19.3. The van der Waals surface area contributed by atoms with Crippen LogP contribution < -0.4 is 14.8 Å². The van der Waals surface area contributed by atoms with Gasteiger partial charge in [-0.2, -0.15) is 0 Å². The van der Waals surface area contributed by atoms with E-state index in [0.717, 1.165) is 17.4 Å². The van der Waals surface area contributed by atoms with Crippen LogP contribution >= 0.6 is 7.92 Å². The van der Waals surface area contributed by atoms with Gasteiger partial charge in [-0.15, -0.1) is 0 Å². The number of nitrogens with zero attached hydrogens (tertiary/aromatic N) is 1. The topological polar surface area (TPSA) is 40.0 Å². The molecule has 144 valence electrons. The fourth-order valence-electron chi connectivity index (χ4n) is 3.64. The van der Waals surface area contributed by atoms with Gasteiger partial charge in [-0.05, 0) is 45.0 Å². The molecule has 0 N–H and O–H groups in total. The number of methoxy groups -OCH3 is 1. The predicted molar refractivity (Wildman–Crippen MR) is 110 cm³/mol. The zero-order valence-corrected chi connectivity index (χ0v) is 18.2. The van der Waals surface area contributed by atoms with Crippen LogP contribution in [0.3, 0.4) is 0 Å². The molecular formula is C21H32NO3P. The molecule has 0 unspecified atom stereocenters. The number of fused-ring (bicyclic) bond motifs is 1. The second kappa shape index (κ2) is 6.71. The average Bonchev–Trinajstić information content (AvgIpc) is 3.19. The van der Waals surface area contributed by atoms with Gasteiger partial charge in [0, 0.05) is 0 Å². The van der Waals surface area contributed by atoms with E-state index in [4.69, 9.17) is 19.2 Å². The first-order valence-corrected chi connectivity index (χ1v) is 10.8. The minimum Gasteiger partial charge on any atom is -0.496 e. The summed E-state index contributed by atoms with van der Waals surface area (Å²) in [7, 11) is 1.10. The smallest absolute Gasteiger partial charge is 0.193 e. The van der Waals surface area contributed by atoms with Crippen molar-refractivity contribution >= 4 is 19.1 Å². The summed E-state index contributed by atoms with van der Waals surface area (Å²) in [6, 6.07) is 6.34. The largest absolute Gasteiger partial charge is 0.496 e. The van der Waals surface area contributed by atoms with Gasteiger partial charge in [0.2, 0.25) is 0 Å². The quantitative estimate of drug-likeness (QED) is 0.708. The minimum atomic E-state index is -0.634. The Kier molecular flexibility index (Phi) is 5.03. The van der Waals surface area contributed by atoms with Crippen LogP contribution in [0.1, 0.15) is 48.5 Å². The van der Waals surface area contributed by atoms with E-state index in [0.29, 0.717) is 12.5 Å². The third-order valence-corrected chi connectivity index (χ3v) is 8.82. The normalized spacial score (nSPS) is 25.6. The Labute approximate surface area is 159 Å². The maximum absolute atomic E-state index is 6.55. The van der Waals surface area contributed by atoms with Crippen LogP contribution in [0, 0.1) is 11.3 Å². The van der Waals surface area contributed by atoms with E-state index in [1.807, 2.05) is 12.1 Å². The Hall–Kier alpha value is -1.28. The van der Waals surface area contributed by atoms with E-state index >= 15 is 0 Å². The molecule has 0 saturated heterocycles. The molecule has 3 rings (SSSR count). The van der Waals surface area contributed by atoms with Crippen molar-refractivity contribution in [3.05, 3.63) is 18.2 Å². The Morgan fingerprint density at radius 3 is 2.42 bits per heavy atom. The van der Waals surface area contributed by atoms with Gasteiger partial charge in [-0.3, -0.25) is 0 Å². The highest BCUT2D eigenvalue weighted by Crippen LogP contribution is 2.64. The number of hydrogen-bond donors (Lipinski definition) is 0. The Bertz CT molecular complexity index is 706. The molecule has 0 spiro atoms. The maximum atomic E-state index is 6.55. The van der Waals surface area contributed by atoms with Gasteiger partial charge < -0.3 is 14.2 Å². The molecule has 5 heteroatoms. The summed E-state index contributed by atoms with van der Waals surface area (Å²) in [5, 5.41) is 1.31. The summed E-state index contributed by atoms with van der Waals surface area (Å²) >= 11 is 0. The van der Waals surface area contributed by atoms with Gasteiger partial charge in [0.25, 0.3) is 0 Å². The third-order valence-electron chi connectivity index (χ3n) is 5.23. The molecule has 2 aliphatic rings. The van der Waals surface area contributed by atoms with Gasteiger partial charge in [0.05, 0.1) is 23.9 Å². The summed E-state index contributed by atoms with van der Waals surface area (Å²) < 4.78 is 18.3. The van der Waals surface area contributed by atoms with Crippen LogP contribution in [-0.4, -0.2) is 36.7 Å². The number of ether oxygens (including phenoxy) is 3. The van der Waals surface area contributed by atoms with E-state index in [9.17, 15) is 0 Å². The highest BCUT2D eigenvalue weighted by atomic mass is 31.1. The molecule has 0 saturated carbocycles. The maximum Gasteiger partial charge on any atom is 0.193 e. The molecule has 0 aliphatic carbocycles. The average molecular weight is 377 g/mol. The minimum absolute atomic E-state index is 0.00784. The van der Waals surface area contributed by atoms with Crippen LogP contribution in [0.15, 0.2) is 23.2 Å². The molecule has 4 nitrogen and oxygen atoms in total. The van der Waals surface area contributed by atoms with Crippen LogP contribution in [0.25, 0.3) is 0 Å². The first-order chi connectivity index (χ1) is 12.1. The van der Waals surface area contributed by atoms with Crippen molar-refractivity contribution in [2.75, 3.05) is 13.7 Å². The summed E-state index contributed by atoms with van der Waals surface area (Å²) in [6.07, 6.45) is 0. The van der Waals surface area contributed by atoms with Gasteiger partial charge in [0.15, 0.2) is 5.90 Å². The number of benzene rings is 1. The van der Waals surface area contributed by atoms with E-state index < -0.39 is 7.92 Å². The standard InChI is InChI=1S/C21H32NO3P/c1-13(2)14-12-24-18(22-14)21(6,7)19-25-16-11-9-10-15(23-8)17(16)26(19)20(3,4)5/h9-11,13-14,19H,12H2,1-8H3/t14-,19-,26-/m0/s1. The molecule has 0 radical (unpaired) electrons. The van der Waals surface area contributed by atoms with E-state index in [1.165, 1.54) is 5.30 Å². The van der Waals surface area contributed by atoms with Gasteiger partial charge >= 0.3 is 0 Å². The summed E-state index contributed by atoms with van der Waals surface area (Å²) in [4.78, 5) is 4.92. The van der Waals surface area contributed by atoms with Gasteiger partial charge in [-0.1, -0.05) is 40.7 Å². The van der Waals surface area contributed by atoms with Crippen LogP contribution in [0.2, 0.25) is 0 Å². The molecule has 0 bridgehead atoms. The summed E-state index contributed by atoms with van der Waals surface area (Å²) in [5.41, 5.74) is -0.299. The van der Waals surface area contributed by atoms with Crippen molar-refractivity contribution < 1.29 is 14.2 Å². The van der Waals surface area contributed by atoms with E-state index in [-0.39, 0.29) is 22.5 Å². The second-order valence-corrected chi connectivity index (χ2v) is 12.1. The lowest BCUT2D eigenvalue weighted by Gasteiger charge is -2.39.